The van der Waals surface area contributed by atoms with E-state index < -0.39 is 0 Å². The molecule has 6 rings (SSSR count). The van der Waals surface area contributed by atoms with Crippen LogP contribution < -0.4 is 10.1 Å². The third-order valence-electron chi connectivity index (χ3n) is 9.13. The lowest BCUT2D eigenvalue weighted by molar-refractivity contribution is 0.0952. The average molecular weight is 536 g/mol. The number of hydrogen-bond acceptors (Lipinski definition) is 3. The molecule has 208 valence electrons. The first kappa shape index (κ1) is 26.6. The average Bonchev–Trinajstić information content (AvgIpc) is 3.66. The molecule has 0 saturated carbocycles. The van der Waals surface area contributed by atoms with Crippen LogP contribution in [-0.2, 0) is 19.5 Å². The second kappa shape index (κ2) is 11.9. The predicted octanol–water partition coefficient (Wildman–Crippen LogP) is 6.76. The minimum absolute atomic E-state index is 0.0441. The number of rotatable bonds is 11. The highest BCUT2D eigenvalue weighted by Crippen LogP contribution is 2.43. The minimum Gasteiger partial charge on any atom is -0.495 e. The van der Waals surface area contributed by atoms with Gasteiger partial charge in [0.15, 0.2) is 0 Å². The Labute approximate surface area is 238 Å². The van der Waals surface area contributed by atoms with E-state index >= 15 is 0 Å². The summed E-state index contributed by atoms with van der Waals surface area (Å²) in [6.07, 6.45) is 9.61. The van der Waals surface area contributed by atoms with Crippen LogP contribution in [0.25, 0.3) is 10.9 Å². The van der Waals surface area contributed by atoms with E-state index in [1.807, 2.05) is 30.5 Å². The Balaban J connectivity index is 1.11. The van der Waals surface area contributed by atoms with Crippen molar-refractivity contribution in [2.45, 2.75) is 70.6 Å². The van der Waals surface area contributed by atoms with Gasteiger partial charge < -0.3 is 14.6 Å². The highest BCUT2D eigenvalue weighted by atomic mass is 16.5. The molecule has 1 N–H and O–H groups in total. The molecule has 40 heavy (non-hydrogen) atoms. The standard InChI is InChI=1S/C35H41N3O2/c1-25-9-6-12-27(21-25)23-36-35(39)31-24-37(34-30(31)13-7-14-33(34)40-2)19-8-20-38-29-17-18-32(38)28(22-29)16-15-26-10-4-3-5-11-26/h3-7,9-14,21,24,28-29,32H,8,15-20,22-23H2,1-2H3,(H,36,39). The molecule has 2 aliphatic heterocycles. The molecule has 2 fully saturated rings. The van der Waals surface area contributed by atoms with Gasteiger partial charge in [0.05, 0.1) is 18.2 Å². The number of carbonyl (C=O) groups excluding carboxylic acids is 1. The van der Waals surface area contributed by atoms with E-state index in [0.717, 1.165) is 59.7 Å². The van der Waals surface area contributed by atoms with Crippen LogP contribution in [0.4, 0.5) is 0 Å². The van der Waals surface area contributed by atoms with E-state index in [-0.39, 0.29) is 5.91 Å². The Kier molecular flexibility index (Phi) is 7.92. The van der Waals surface area contributed by atoms with Crippen LogP contribution in [0.15, 0.2) is 79.0 Å². The number of ether oxygens (including phenoxy) is 1. The van der Waals surface area contributed by atoms with Crippen molar-refractivity contribution in [1.82, 2.24) is 14.8 Å². The van der Waals surface area contributed by atoms with Crippen LogP contribution in [-0.4, -0.2) is 41.1 Å². The van der Waals surface area contributed by atoms with Crippen molar-refractivity contribution < 1.29 is 9.53 Å². The molecule has 5 nitrogen and oxygen atoms in total. The third kappa shape index (κ3) is 5.53. The highest BCUT2D eigenvalue weighted by Gasteiger charge is 2.45. The lowest BCUT2D eigenvalue weighted by Gasteiger charge is -2.24. The number of nitrogens with zero attached hydrogens (tertiary/aromatic N) is 2. The number of para-hydroxylation sites is 1. The summed E-state index contributed by atoms with van der Waals surface area (Å²) in [6, 6.07) is 26.7. The normalized spacial score (nSPS) is 20.3. The topological polar surface area (TPSA) is 46.5 Å². The van der Waals surface area contributed by atoms with Crippen molar-refractivity contribution in [3.8, 4) is 5.75 Å². The first-order chi connectivity index (χ1) is 19.6. The first-order valence-electron chi connectivity index (χ1n) is 14.9. The van der Waals surface area contributed by atoms with Crippen molar-refractivity contribution in [3.05, 3.63) is 101 Å². The van der Waals surface area contributed by atoms with Crippen LogP contribution in [0.5, 0.6) is 5.75 Å². The maximum absolute atomic E-state index is 13.3. The zero-order valence-electron chi connectivity index (χ0n) is 23.8. The maximum atomic E-state index is 13.3. The SMILES string of the molecule is COc1cccc2c(C(=O)NCc3cccc(C)c3)cn(CCCN3C4CCC3C(CCc3ccccc3)C4)c12. The lowest BCUT2D eigenvalue weighted by atomic mass is 9.85. The summed E-state index contributed by atoms with van der Waals surface area (Å²) in [6.45, 7) is 4.57. The van der Waals surface area contributed by atoms with Gasteiger partial charge in [-0.25, -0.2) is 0 Å². The molecule has 1 aromatic heterocycles. The number of benzene rings is 3. The van der Waals surface area contributed by atoms with E-state index in [0.29, 0.717) is 12.1 Å². The fraction of sp³-hybridized carbons (Fsp3) is 0.400. The van der Waals surface area contributed by atoms with E-state index in [2.05, 4.69) is 70.2 Å². The molecule has 2 saturated heterocycles. The summed E-state index contributed by atoms with van der Waals surface area (Å²) in [7, 11) is 1.71. The van der Waals surface area contributed by atoms with Crippen molar-refractivity contribution >= 4 is 16.8 Å². The third-order valence-corrected chi connectivity index (χ3v) is 9.13. The van der Waals surface area contributed by atoms with Crippen LogP contribution in [0.1, 0.15) is 59.2 Å². The molecular formula is C35H41N3O2. The van der Waals surface area contributed by atoms with Gasteiger partial charge in [0.2, 0.25) is 0 Å². The largest absolute Gasteiger partial charge is 0.495 e. The summed E-state index contributed by atoms with van der Waals surface area (Å²) >= 11 is 0. The number of fused-ring (bicyclic) bond motifs is 3. The molecule has 4 aromatic rings. The molecular weight excluding hydrogens is 494 g/mol. The fourth-order valence-corrected chi connectivity index (χ4v) is 7.26. The van der Waals surface area contributed by atoms with Gasteiger partial charge in [0.25, 0.3) is 5.91 Å². The van der Waals surface area contributed by atoms with Gasteiger partial charge in [-0.05, 0) is 68.6 Å². The molecule has 0 spiro atoms. The Morgan fingerprint density at radius 1 is 0.975 bits per heavy atom. The monoisotopic (exact) mass is 535 g/mol. The van der Waals surface area contributed by atoms with Crippen molar-refractivity contribution in [1.29, 1.82) is 0 Å². The predicted molar refractivity (Wildman–Crippen MR) is 162 cm³/mol. The minimum atomic E-state index is -0.0441. The summed E-state index contributed by atoms with van der Waals surface area (Å²) in [5, 5.41) is 4.08. The van der Waals surface area contributed by atoms with Gasteiger partial charge in [-0.15, -0.1) is 0 Å². The Morgan fingerprint density at radius 3 is 2.62 bits per heavy atom. The van der Waals surface area contributed by atoms with E-state index in [1.165, 1.54) is 43.2 Å². The van der Waals surface area contributed by atoms with Gasteiger partial charge >= 0.3 is 0 Å². The quantitative estimate of drug-likeness (QED) is 0.231. The first-order valence-corrected chi connectivity index (χ1v) is 14.9. The number of hydrogen-bond donors (Lipinski definition) is 1. The molecule has 3 aromatic carbocycles. The molecule has 3 heterocycles. The highest BCUT2D eigenvalue weighted by molar-refractivity contribution is 6.08. The zero-order chi connectivity index (χ0) is 27.5. The molecule has 3 atom stereocenters. The van der Waals surface area contributed by atoms with E-state index in [9.17, 15) is 4.79 Å². The number of carbonyl (C=O) groups is 1. The molecule has 0 aliphatic carbocycles. The van der Waals surface area contributed by atoms with Crippen LogP contribution in [0.3, 0.4) is 0 Å². The number of aromatic nitrogens is 1. The lowest BCUT2D eigenvalue weighted by Crippen LogP contribution is -2.32. The Bertz CT molecular complexity index is 1460. The van der Waals surface area contributed by atoms with Crippen LogP contribution in [0.2, 0.25) is 0 Å². The van der Waals surface area contributed by atoms with Gasteiger partial charge in [-0.1, -0.05) is 72.3 Å². The molecule has 2 bridgehead atoms. The number of methoxy groups -OCH3 is 1. The van der Waals surface area contributed by atoms with Crippen molar-refractivity contribution in [3.63, 3.8) is 0 Å². The number of amides is 1. The van der Waals surface area contributed by atoms with Crippen molar-refractivity contribution in [2.75, 3.05) is 13.7 Å². The Morgan fingerprint density at radius 2 is 1.80 bits per heavy atom. The van der Waals surface area contributed by atoms with Gasteiger partial charge in [-0.3, -0.25) is 9.69 Å². The van der Waals surface area contributed by atoms with E-state index in [1.54, 1.807) is 7.11 Å². The van der Waals surface area contributed by atoms with Gasteiger partial charge in [0.1, 0.15) is 5.75 Å². The molecule has 3 unspecified atom stereocenters. The molecule has 5 heteroatoms. The molecule has 1 amide bonds. The smallest absolute Gasteiger partial charge is 0.253 e. The molecule has 2 aliphatic rings. The summed E-state index contributed by atoms with van der Waals surface area (Å²) < 4.78 is 7.98. The van der Waals surface area contributed by atoms with E-state index in [4.69, 9.17) is 4.74 Å². The summed E-state index contributed by atoms with van der Waals surface area (Å²) in [5.41, 5.74) is 5.49. The molecule has 0 radical (unpaired) electrons. The second-order valence-electron chi connectivity index (χ2n) is 11.7. The number of nitrogens with one attached hydrogen (secondary N) is 1. The van der Waals surface area contributed by atoms with Gasteiger partial charge in [-0.2, -0.15) is 0 Å². The van der Waals surface area contributed by atoms with Crippen LogP contribution in [0, 0.1) is 12.8 Å². The van der Waals surface area contributed by atoms with Gasteiger partial charge in [0, 0.05) is 43.3 Å². The van der Waals surface area contributed by atoms with Crippen molar-refractivity contribution in [2.24, 2.45) is 5.92 Å². The van der Waals surface area contributed by atoms with Crippen LogP contribution >= 0.6 is 0 Å². The summed E-state index contributed by atoms with van der Waals surface area (Å²) in [5.74, 6) is 1.59. The summed E-state index contributed by atoms with van der Waals surface area (Å²) in [4.78, 5) is 16.1. The maximum Gasteiger partial charge on any atom is 0.253 e. The second-order valence-corrected chi connectivity index (χ2v) is 11.7. The number of aryl methyl sites for hydroxylation is 3. The zero-order valence-corrected chi connectivity index (χ0v) is 23.8. The Hall–Kier alpha value is -3.57. The fourth-order valence-electron chi connectivity index (χ4n) is 7.26.